The third kappa shape index (κ3) is 4.80. The number of hydrogen-bond acceptors (Lipinski definition) is 2. The largest absolute Gasteiger partial charge is 0.748 e. The normalized spacial score (nSPS) is 9.54. The summed E-state index contributed by atoms with van der Waals surface area (Å²) in [7, 11) is -2.61. The second kappa shape index (κ2) is 9.89. The van der Waals surface area contributed by atoms with Crippen molar-refractivity contribution in [1.29, 1.82) is 0 Å². The van der Waals surface area contributed by atoms with Crippen molar-refractivity contribution in [2.24, 2.45) is 0 Å². The molecule has 26 heavy (non-hydrogen) atoms. The van der Waals surface area contributed by atoms with Crippen LogP contribution in [0.2, 0.25) is 0 Å². The number of hydrogen-bond donors (Lipinski definition) is 0. The molecule has 0 aliphatic heterocycles. The van der Waals surface area contributed by atoms with Gasteiger partial charge in [0.05, 0.1) is 0 Å². The molecule has 0 saturated heterocycles. The molecule has 0 spiro atoms. The Balaban J connectivity index is 0.000000351. The van der Waals surface area contributed by atoms with Gasteiger partial charge in [0, 0.05) is 17.1 Å². The van der Waals surface area contributed by atoms with Gasteiger partial charge in [0.1, 0.15) is 0 Å². The van der Waals surface area contributed by atoms with Crippen molar-refractivity contribution in [3.8, 4) is 22.3 Å². The van der Waals surface area contributed by atoms with Crippen LogP contribution in [0.25, 0.3) is 22.3 Å². The van der Waals surface area contributed by atoms with Gasteiger partial charge >= 0.3 is 7.68 Å². The molecular formula is C22H17FeO2P-6. The van der Waals surface area contributed by atoms with Crippen molar-refractivity contribution in [3.05, 3.63) is 103 Å². The van der Waals surface area contributed by atoms with E-state index in [1.54, 1.807) is 6.07 Å². The maximum absolute atomic E-state index is 11.5. The maximum Gasteiger partial charge on any atom is 0.305 e. The molecule has 136 valence electrons. The molecule has 2 nitrogen and oxygen atoms in total. The summed E-state index contributed by atoms with van der Waals surface area (Å²) in [5.41, 5.74) is 3.68. The van der Waals surface area contributed by atoms with Crippen molar-refractivity contribution >= 4 is 13.0 Å². The van der Waals surface area contributed by atoms with Crippen LogP contribution in [-0.2, 0) is 26.2 Å². The van der Waals surface area contributed by atoms with Crippen LogP contribution in [-0.4, -0.2) is 0 Å². The summed E-state index contributed by atoms with van der Waals surface area (Å²) in [4.78, 5) is 0. The van der Waals surface area contributed by atoms with Gasteiger partial charge in [-0.1, -0.05) is 71.8 Å². The van der Waals surface area contributed by atoms with E-state index in [0.29, 0.717) is 5.30 Å². The van der Waals surface area contributed by atoms with Crippen LogP contribution in [0.5, 0.6) is 0 Å². The molecule has 0 aliphatic rings. The van der Waals surface area contributed by atoms with E-state index < -0.39 is 7.68 Å². The van der Waals surface area contributed by atoms with E-state index in [2.05, 4.69) is 0 Å². The average Bonchev–Trinajstić information content (AvgIpc) is 3.36. The zero-order chi connectivity index (χ0) is 17.5. The minimum atomic E-state index is -2.61. The quantitative estimate of drug-likeness (QED) is 0.242. The summed E-state index contributed by atoms with van der Waals surface area (Å²) in [6.45, 7) is 0. The molecular weight excluding hydrogens is 383 g/mol. The third-order valence-electron chi connectivity index (χ3n) is 3.83. The first-order valence-electron chi connectivity index (χ1n) is 7.99. The predicted molar refractivity (Wildman–Crippen MR) is 103 cm³/mol. The molecule has 0 heterocycles. The molecule has 4 rings (SSSR count). The van der Waals surface area contributed by atoms with Crippen molar-refractivity contribution in [2.75, 3.05) is 0 Å². The van der Waals surface area contributed by atoms with Gasteiger partial charge in [0.25, 0.3) is 0 Å². The summed E-state index contributed by atoms with van der Waals surface area (Å²) in [5.74, 6) is 0. The molecule has 0 amide bonds. The Kier molecular flexibility index (Phi) is 7.56. The van der Waals surface area contributed by atoms with Crippen molar-refractivity contribution in [3.63, 3.8) is 0 Å². The summed E-state index contributed by atoms with van der Waals surface area (Å²) < 4.78 is 23.0. The van der Waals surface area contributed by atoms with Gasteiger partial charge in [-0.2, -0.15) is 6.07 Å². The monoisotopic (exact) mass is 400 g/mol. The van der Waals surface area contributed by atoms with Crippen LogP contribution in [0, 0.1) is 0 Å². The minimum Gasteiger partial charge on any atom is -0.748 e. The summed E-state index contributed by atoms with van der Waals surface area (Å²) in [6.07, 6.45) is 0. The van der Waals surface area contributed by atoms with Crippen molar-refractivity contribution in [1.82, 2.24) is 0 Å². The third-order valence-corrected chi connectivity index (χ3v) is 4.60. The Hall–Kier alpha value is -2.44. The van der Waals surface area contributed by atoms with E-state index in [0.717, 1.165) is 22.3 Å². The molecule has 0 bridgehead atoms. The Labute approximate surface area is 164 Å². The van der Waals surface area contributed by atoms with Crippen LogP contribution in [0.1, 0.15) is 0 Å². The van der Waals surface area contributed by atoms with E-state index in [1.165, 1.54) is 0 Å². The molecule has 4 aromatic carbocycles. The van der Waals surface area contributed by atoms with Gasteiger partial charge in [-0.3, -0.25) is 0 Å². The second-order valence-electron chi connectivity index (χ2n) is 5.46. The maximum atomic E-state index is 11.5. The fourth-order valence-electron chi connectivity index (χ4n) is 2.71. The molecule has 0 aromatic heterocycles. The van der Waals surface area contributed by atoms with Crippen molar-refractivity contribution < 1.29 is 26.2 Å². The van der Waals surface area contributed by atoms with Crippen LogP contribution >= 0.6 is 7.68 Å². The average molecular weight is 400 g/mol. The predicted octanol–water partition coefficient (Wildman–Crippen LogP) is 5.94. The molecule has 0 unspecified atom stereocenters. The second-order valence-corrected chi connectivity index (χ2v) is 6.45. The van der Waals surface area contributed by atoms with E-state index >= 15 is 0 Å². The summed E-state index contributed by atoms with van der Waals surface area (Å²) in [6, 6.07) is 33.0. The summed E-state index contributed by atoms with van der Waals surface area (Å²) >= 11 is 0. The minimum absolute atomic E-state index is 0. The topological polar surface area (TPSA) is 34.1 Å². The van der Waals surface area contributed by atoms with Crippen LogP contribution in [0.4, 0.5) is 0 Å². The Morgan fingerprint density at radius 1 is 0.654 bits per heavy atom. The Bertz CT molecular complexity index is 944. The zero-order valence-electron chi connectivity index (χ0n) is 13.9. The first-order chi connectivity index (χ1) is 12.3. The van der Waals surface area contributed by atoms with Gasteiger partial charge in [0.2, 0.25) is 0 Å². The van der Waals surface area contributed by atoms with Gasteiger partial charge in [-0.25, -0.2) is 9.13 Å². The SMILES string of the molecule is O=P(=O)[c-]1ccc(-c2ccccc2)c1-c1ccccc1.[Fe].[cH-]1[cH-][cH-][cH-][cH-]1. The molecule has 0 atom stereocenters. The summed E-state index contributed by atoms with van der Waals surface area (Å²) in [5, 5.41) is 0.380. The van der Waals surface area contributed by atoms with Gasteiger partial charge < -0.3 is 30.3 Å². The van der Waals surface area contributed by atoms with Crippen LogP contribution in [0.3, 0.4) is 0 Å². The fraction of sp³-hybridized carbons (Fsp3) is 0. The molecule has 4 aromatic rings. The van der Waals surface area contributed by atoms with Gasteiger partial charge in [0.15, 0.2) is 0 Å². The number of benzene rings is 2. The molecule has 0 radical (unpaired) electrons. The smallest absolute Gasteiger partial charge is 0.305 e. The Morgan fingerprint density at radius 2 is 1.12 bits per heavy atom. The van der Waals surface area contributed by atoms with Crippen LogP contribution < -0.4 is 5.30 Å². The molecule has 0 fully saturated rings. The Morgan fingerprint density at radius 3 is 1.58 bits per heavy atom. The van der Waals surface area contributed by atoms with Crippen LogP contribution in [0.15, 0.2) is 103 Å². The molecule has 0 N–H and O–H groups in total. The first kappa shape index (κ1) is 19.9. The van der Waals surface area contributed by atoms with Gasteiger partial charge in [-0.15, -0.1) is 17.2 Å². The number of rotatable bonds is 3. The van der Waals surface area contributed by atoms with Gasteiger partial charge in [-0.05, 0) is 5.30 Å². The molecule has 4 heteroatoms. The zero-order valence-corrected chi connectivity index (χ0v) is 15.9. The van der Waals surface area contributed by atoms with E-state index in [1.807, 2.05) is 97.1 Å². The fourth-order valence-corrected chi connectivity index (χ4v) is 3.33. The van der Waals surface area contributed by atoms with E-state index in [9.17, 15) is 9.13 Å². The van der Waals surface area contributed by atoms with Crippen molar-refractivity contribution in [2.45, 2.75) is 0 Å². The van der Waals surface area contributed by atoms with E-state index in [-0.39, 0.29) is 17.1 Å². The first-order valence-corrected chi connectivity index (χ1v) is 9.16. The molecule has 0 saturated carbocycles. The standard InChI is InChI=1S/C17H12O2P.C5H5.Fe/c18-20(19)16-12-11-15(13-7-3-1-4-8-13)17(16)14-9-5-2-6-10-14;1-2-4-5-3-1;/h1-12H;1-5H;/q-1;-5;. The van der Waals surface area contributed by atoms with E-state index in [4.69, 9.17) is 0 Å². The molecule has 0 aliphatic carbocycles.